The quantitative estimate of drug-likeness (QED) is 0.527. The molecule has 0 aliphatic heterocycles. The molecule has 14 heavy (non-hydrogen) atoms. The van der Waals surface area contributed by atoms with Gasteiger partial charge in [0.15, 0.2) is 0 Å². The summed E-state index contributed by atoms with van der Waals surface area (Å²) in [5.74, 6) is 1.18. The molecule has 0 fully saturated rings. The maximum atomic E-state index is 9.59. The van der Waals surface area contributed by atoms with Gasteiger partial charge in [0.2, 0.25) is 0 Å². The molecule has 1 rings (SSSR count). The smallest absolute Gasteiger partial charge is 0.265 e. The molecule has 0 amide bonds. The first-order valence-electron chi connectivity index (χ1n) is 4.04. The highest BCUT2D eigenvalue weighted by Gasteiger charge is 1.95. The van der Waals surface area contributed by atoms with Crippen molar-refractivity contribution in [3.05, 3.63) is 18.2 Å². The standard InChI is InChI=1S/C5H8N2.C2H7O4P/c1-5-6-3-4-7(5)2;1-2-6-7(3,4)5/h3-4H,1-2H3;2H2,1H3,(H2,3,4,5). The molecule has 0 bridgehead atoms. The Kier molecular flexibility index (Phi) is 5.64. The van der Waals surface area contributed by atoms with Crippen molar-refractivity contribution < 1.29 is 23.4 Å². The average molecular weight is 222 g/mol. The van der Waals surface area contributed by atoms with Crippen molar-refractivity contribution in [1.82, 2.24) is 4.98 Å². The maximum Gasteiger partial charge on any atom is 0.265 e. The lowest BCUT2D eigenvalue weighted by Crippen LogP contribution is -2.27. The third-order valence-electron chi connectivity index (χ3n) is 1.41. The summed E-state index contributed by atoms with van der Waals surface area (Å²) in [6.07, 6.45) is 3.89. The van der Waals surface area contributed by atoms with Crippen LogP contribution in [0.5, 0.6) is 0 Å². The molecule has 0 aromatic carbocycles. The second-order valence-corrected chi connectivity index (χ2v) is 3.74. The zero-order chi connectivity index (χ0) is 11.2. The number of imidazole rings is 1. The molecule has 1 aromatic rings. The molecule has 0 radical (unpaired) electrons. The molecule has 0 spiro atoms. The van der Waals surface area contributed by atoms with Crippen LogP contribution in [0.15, 0.2) is 12.4 Å². The molecule has 7 heteroatoms. The van der Waals surface area contributed by atoms with Gasteiger partial charge in [0.25, 0.3) is 13.6 Å². The maximum absolute atomic E-state index is 9.59. The summed E-state index contributed by atoms with van der Waals surface area (Å²) in [6.45, 7) is 3.48. The first-order chi connectivity index (χ1) is 6.37. The zero-order valence-electron chi connectivity index (χ0n) is 8.43. The highest BCUT2D eigenvalue weighted by Crippen LogP contribution is 2.29. The van der Waals surface area contributed by atoms with Crippen LogP contribution < -0.4 is 9.46 Å². The van der Waals surface area contributed by atoms with Gasteiger partial charge in [-0.1, -0.05) is 0 Å². The largest absolute Gasteiger partial charge is 0.756 e. The van der Waals surface area contributed by atoms with Crippen LogP contribution in [0.25, 0.3) is 0 Å². The van der Waals surface area contributed by atoms with Crippen molar-refractivity contribution >= 4 is 7.82 Å². The Morgan fingerprint density at radius 1 is 1.79 bits per heavy atom. The van der Waals surface area contributed by atoms with Crippen LogP contribution in [0.4, 0.5) is 0 Å². The van der Waals surface area contributed by atoms with E-state index in [2.05, 4.69) is 9.51 Å². The Morgan fingerprint density at radius 2 is 2.36 bits per heavy atom. The summed E-state index contributed by atoms with van der Waals surface area (Å²) in [5.41, 5.74) is 0. The predicted octanol–water partition coefficient (Wildman–Crippen LogP) is -0.369. The Hall–Kier alpha value is -0.680. The second-order valence-electron chi connectivity index (χ2n) is 2.54. The minimum Gasteiger partial charge on any atom is -0.756 e. The molecule has 1 heterocycles. The molecule has 0 saturated carbocycles. The number of aromatic nitrogens is 2. The Bertz CT molecular complexity index is 290. The number of nitrogens with zero attached hydrogens (tertiary/aromatic N) is 1. The van der Waals surface area contributed by atoms with E-state index in [4.69, 9.17) is 4.89 Å². The van der Waals surface area contributed by atoms with Gasteiger partial charge < -0.3 is 14.3 Å². The van der Waals surface area contributed by atoms with E-state index < -0.39 is 7.82 Å². The molecule has 6 nitrogen and oxygen atoms in total. The average Bonchev–Trinajstić information content (AvgIpc) is 2.35. The van der Waals surface area contributed by atoms with Gasteiger partial charge in [-0.15, -0.1) is 0 Å². The molecule has 0 aliphatic rings. The van der Waals surface area contributed by atoms with Gasteiger partial charge in [-0.2, -0.15) is 0 Å². The molecule has 0 saturated heterocycles. The SMILES string of the molecule is CCOP(=O)([O-])O.Cc1[nH]cc[n+]1C. The summed E-state index contributed by atoms with van der Waals surface area (Å²) in [4.78, 5) is 20.4. The van der Waals surface area contributed by atoms with E-state index in [0.29, 0.717) is 0 Å². The fourth-order valence-electron chi connectivity index (χ4n) is 0.646. The van der Waals surface area contributed by atoms with Crippen molar-refractivity contribution in [3.63, 3.8) is 0 Å². The van der Waals surface area contributed by atoms with Gasteiger partial charge in [-0.25, -0.2) is 9.55 Å². The lowest BCUT2D eigenvalue weighted by molar-refractivity contribution is -0.676. The van der Waals surface area contributed by atoms with Crippen LogP contribution in [0, 0.1) is 6.92 Å². The van der Waals surface area contributed by atoms with Crippen molar-refractivity contribution in [2.45, 2.75) is 13.8 Å². The number of hydrogen-bond acceptors (Lipinski definition) is 3. The van der Waals surface area contributed by atoms with Crippen LogP contribution in [0.1, 0.15) is 12.7 Å². The highest BCUT2D eigenvalue weighted by atomic mass is 31.2. The third kappa shape index (κ3) is 6.80. The molecule has 1 aromatic heterocycles. The van der Waals surface area contributed by atoms with Crippen molar-refractivity contribution in [1.29, 1.82) is 0 Å². The summed E-state index contributed by atoms with van der Waals surface area (Å²) in [6, 6.07) is 0. The zero-order valence-corrected chi connectivity index (χ0v) is 9.32. The van der Waals surface area contributed by atoms with Gasteiger partial charge in [-0.05, 0) is 6.92 Å². The molecule has 1 unspecified atom stereocenters. The minimum atomic E-state index is -4.42. The van der Waals surface area contributed by atoms with Crippen molar-refractivity contribution in [2.24, 2.45) is 7.05 Å². The fraction of sp³-hybridized carbons (Fsp3) is 0.571. The Morgan fingerprint density at radius 3 is 2.43 bits per heavy atom. The number of hydrogen-bond donors (Lipinski definition) is 2. The van der Waals surface area contributed by atoms with E-state index in [-0.39, 0.29) is 6.61 Å². The number of nitrogens with one attached hydrogen (secondary N) is 1. The number of rotatable bonds is 2. The molecular formula is C7H15N2O4P. The lowest BCUT2D eigenvalue weighted by atomic mass is 10.7. The monoisotopic (exact) mass is 222 g/mol. The molecule has 1 atom stereocenters. The predicted molar refractivity (Wildman–Crippen MR) is 48.2 cm³/mol. The summed E-state index contributed by atoms with van der Waals surface area (Å²) in [5, 5.41) is 0. The highest BCUT2D eigenvalue weighted by molar-refractivity contribution is 7.44. The molecule has 0 aliphatic carbocycles. The Labute approximate surface area is 82.8 Å². The first kappa shape index (κ1) is 13.3. The van der Waals surface area contributed by atoms with E-state index in [1.165, 1.54) is 12.7 Å². The first-order valence-corrected chi connectivity index (χ1v) is 5.54. The van der Waals surface area contributed by atoms with E-state index in [1.807, 2.05) is 30.9 Å². The van der Waals surface area contributed by atoms with Gasteiger partial charge in [0.05, 0.1) is 13.7 Å². The number of H-pyrrole nitrogens is 1. The van der Waals surface area contributed by atoms with Crippen LogP contribution >= 0.6 is 7.82 Å². The van der Waals surface area contributed by atoms with Gasteiger partial charge in [0.1, 0.15) is 12.4 Å². The third-order valence-corrected chi connectivity index (χ3v) is 2.00. The topological polar surface area (TPSA) is 89.3 Å². The van der Waals surface area contributed by atoms with Crippen LogP contribution in [0.2, 0.25) is 0 Å². The van der Waals surface area contributed by atoms with E-state index in [0.717, 1.165) is 0 Å². The van der Waals surface area contributed by atoms with Crippen LogP contribution in [-0.4, -0.2) is 16.5 Å². The number of phosphoric ester groups is 1. The fourth-order valence-corrected chi connectivity index (χ4v) is 0.973. The molecule has 82 valence electrons. The van der Waals surface area contributed by atoms with Gasteiger partial charge in [0, 0.05) is 6.92 Å². The lowest BCUT2D eigenvalue weighted by Gasteiger charge is -2.12. The van der Waals surface area contributed by atoms with Crippen LogP contribution in [-0.2, 0) is 16.1 Å². The van der Waals surface area contributed by atoms with Crippen molar-refractivity contribution in [3.8, 4) is 0 Å². The van der Waals surface area contributed by atoms with Crippen molar-refractivity contribution in [2.75, 3.05) is 6.61 Å². The van der Waals surface area contributed by atoms with E-state index >= 15 is 0 Å². The molecule has 2 N–H and O–H groups in total. The number of aryl methyl sites for hydroxylation is 2. The van der Waals surface area contributed by atoms with E-state index in [1.54, 1.807) is 0 Å². The summed E-state index contributed by atoms with van der Waals surface area (Å²) >= 11 is 0. The Balaban J connectivity index is 0.000000241. The molecular weight excluding hydrogens is 207 g/mol. The number of phosphoric acid groups is 1. The normalized spacial score (nSPS) is 14.1. The number of aromatic amines is 1. The van der Waals surface area contributed by atoms with Gasteiger partial charge in [-0.3, -0.25) is 4.57 Å². The minimum absolute atomic E-state index is 0.0166. The summed E-state index contributed by atoms with van der Waals surface area (Å²) < 4.78 is 15.4. The summed E-state index contributed by atoms with van der Waals surface area (Å²) in [7, 11) is -2.41. The van der Waals surface area contributed by atoms with E-state index in [9.17, 15) is 9.46 Å². The van der Waals surface area contributed by atoms with Crippen LogP contribution in [0.3, 0.4) is 0 Å². The van der Waals surface area contributed by atoms with Gasteiger partial charge >= 0.3 is 0 Å². The second kappa shape index (κ2) is 5.93.